The Balaban J connectivity index is 1.96. The number of pyridine rings is 2. The predicted octanol–water partition coefficient (Wildman–Crippen LogP) is 6.03. The molecular weight excluding hydrogens is 560 g/mol. The molecule has 4 rings (SSSR count). The van der Waals surface area contributed by atoms with E-state index in [2.05, 4.69) is 9.97 Å². The van der Waals surface area contributed by atoms with Crippen molar-refractivity contribution >= 4 is 38.2 Å². The van der Waals surface area contributed by atoms with E-state index in [-0.39, 0.29) is 38.1 Å². The summed E-state index contributed by atoms with van der Waals surface area (Å²) in [6.45, 7) is 2.58. The zero-order valence-electron chi connectivity index (χ0n) is 20.5. The predicted molar refractivity (Wildman–Crippen MR) is 139 cm³/mol. The number of nitrogens with two attached hydrogens (primary N) is 1. The molecule has 0 saturated carbocycles. The zero-order valence-corrected chi connectivity index (χ0v) is 22.1. The Labute approximate surface area is 225 Å². The number of carbonyl (C=O) groups excluding carboxylic acids is 1. The Morgan fingerprint density at radius 1 is 1.21 bits per heavy atom. The molecule has 1 atom stereocenters. The molecule has 13 heteroatoms. The lowest BCUT2D eigenvalue weighted by Crippen LogP contribution is -2.17. The number of aromatic nitrogens is 3. The molecule has 3 heterocycles. The van der Waals surface area contributed by atoms with Crippen molar-refractivity contribution < 1.29 is 30.8 Å². The molecule has 3 aromatic heterocycles. The van der Waals surface area contributed by atoms with Crippen LogP contribution >= 0.6 is 11.6 Å². The molecule has 1 aromatic carbocycles. The van der Waals surface area contributed by atoms with Gasteiger partial charge >= 0.3 is 6.18 Å². The van der Waals surface area contributed by atoms with E-state index in [1.54, 1.807) is 19.1 Å². The number of rotatable bonds is 7. The molecule has 204 valence electrons. The van der Waals surface area contributed by atoms with Crippen LogP contribution in [0.25, 0.3) is 28.1 Å². The number of benzene rings is 1. The summed E-state index contributed by atoms with van der Waals surface area (Å²) >= 11 is 6.43. The number of hydrogen-bond donors (Lipinski definition) is 1. The highest BCUT2D eigenvalue weighted by Gasteiger charge is 2.34. The van der Waals surface area contributed by atoms with Gasteiger partial charge in [-0.3, -0.25) is 14.3 Å². The molecule has 2 N–H and O–H groups in total. The van der Waals surface area contributed by atoms with Crippen LogP contribution in [0, 0.1) is 11.7 Å². The first kappa shape index (κ1) is 28.2. The lowest BCUT2D eigenvalue weighted by Gasteiger charge is -2.13. The molecule has 0 fully saturated rings. The molecule has 39 heavy (non-hydrogen) atoms. The summed E-state index contributed by atoms with van der Waals surface area (Å²) in [6, 6.07) is 8.26. The second kappa shape index (κ2) is 10.4. The minimum absolute atomic E-state index is 0.0618. The van der Waals surface area contributed by atoms with Crippen molar-refractivity contribution in [2.24, 2.45) is 11.7 Å². The molecule has 1 amide bonds. The van der Waals surface area contributed by atoms with Gasteiger partial charge in [-0.15, -0.1) is 0 Å². The van der Waals surface area contributed by atoms with E-state index >= 15 is 0 Å². The summed E-state index contributed by atoms with van der Waals surface area (Å²) in [5.41, 5.74) is 6.47. The minimum Gasteiger partial charge on any atom is -0.366 e. The van der Waals surface area contributed by atoms with Crippen molar-refractivity contribution in [2.45, 2.75) is 31.3 Å². The van der Waals surface area contributed by atoms with Gasteiger partial charge in [0.1, 0.15) is 5.82 Å². The molecule has 1 unspecified atom stereocenters. The lowest BCUT2D eigenvalue weighted by molar-refractivity contribution is -0.156. The van der Waals surface area contributed by atoms with Gasteiger partial charge in [0, 0.05) is 23.2 Å². The molecule has 0 bridgehead atoms. The Morgan fingerprint density at radius 3 is 2.49 bits per heavy atom. The van der Waals surface area contributed by atoms with E-state index in [4.69, 9.17) is 17.3 Å². The van der Waals surface area contributed by atoms with Crippen LogP contribution in [0.1, 0.15) is 29.8 Å². The van der Waals surface area contributed by atoms with Crippen LogP contribution in [0.15, 0.2) is 65.2 Å². The van der Waals surface area contributed by atoms with Crippen molar-refractivity contribution in [3.05, 3.63) is 82.2 Å². The molecule has 0 radical (unpaired) electrons. The second-order valence-corrected chi connectivity index (χ2v) is 10.9. The van der Waals surface area contributed by atoms with Crippen LogP contribution in [0.4, 0.5) is 17.6 Å². The summed E-state index contributed by atoms with van der Waals surface area (Å²) in [6.07, 6.45) is -1.32. The summed E-state index contributed by atoms with van der Waals surface area (Å²) in [5, 5.41) is 0.824. The van der Waals surface area contributed by atoms with Crippen LogP contribution in [0.5, 0.6) is 0 Å². The summed E-state index contributed by atoms with van der Waals surface area (Å²) in [5.74, 6) is -3.27. The smallest absolute Gasteiger partial charge is 0.366 e. The molecule has 0 aliphatic carbocycles. The average Bonchev–Trinajstić information content (AvgIpc) is 3.20. The Kier molecular flexibility index (Phi) is 7.55. The maximum atomic E-state index is 14.8. The molecule has 7 nitrogen and oxygen atoms in total. The van der Waals surface area contributed by atoms with Gasteiger partial charge in [-0.1, -0.05) is 31.5 Å². The van der Waals surface area contributed by atoms with Crippen molar-refractivity contribution in [1.29, 1.82) is 0 Å². The number of aryl methyl sites for hydroxylation is 1. The van der Waals surface area contributed by atoms with Crippen molar-refractivity contribution in [3.63, 3.8) is 0 Å². The Hall–Kier alpha value is -3.77. The number of nitrogens with zero attached hydrogens (tertiary/aromatic N) is 3. The fraction of sp³-hybridized carbons (Fsp3) is 0.192. The standard InChI is InChI=1S/C26H21ClF4N4O3S/c1-3-15-11-21-17(12-19(15)28)22(24(32)36)23(35(21)25-18(27)5-4-9-33-25)20-7-6-16(13-34-20)39(37,38)10-8-14(2)26(29,30)31/h4-14H,3H2,1-2H3,(H2,32,36)/b10-8-. The third-order valence-electron chi connectivity index (χ3n) is 6.08. The van der Waals surface area contributed by atoms with Gasteiger partial charge in [0.2, 0.25) is 9.84 Å². The summed E-state index contributed by atoms with van der Waals surface area (Å²) in [7, 11) is -4.27. The van der Waals surface area contributed by atoms with E-state index in [1.165, 1.54) is 29.0 Å². The van der Waals surface area contributed by atoms with Crippen molar-refractivity contribution in [1.82, 2.24) is 14.5 Å². The first-order chi connectivity index (χ1) is 18.3. The Bertz CT molecular complexity index is 1720. The number of sulfone groups is 1. The molecular formula is C26H21ClF4N4O3S. The summed E-state index contributed by atoms with van der Waals surface area (Å²) in [4.78, 5) is 20.8. The normalized spacial score (nSPS) is 13.3. The van der Waals surface area contributed by atoms with Crippen LogP contribution < -0.4 is 5.73 Å². The third-order valence-corrected chi connectivity index (χ3v) is 7.79. The van der Waals surface area contributed by atoms with E-state index in [9.17, 15) is 30.8 Å². The first-order valence-electron chi connectivity index (χ1n) is 11.5. The van der Waals surface area contributed by atoms with Crippen LogP contribution in [-0.2, 0) is 16.3 Å². The number of carbonyl (C=O) groups is 1. The fourth-order valence-corrected chi connectivity index (χ4v) is 5.24. The number of allylic oxidation sites excluding steroid dienone is 1. The number of halogens is 5. The van der Waals surface area contributed by atoms with Crippen LogP contribution in [0.3, 0.4) is 0 Å². The lowest BCUT2D eigenvalue weighted by atomic mass is 10.0. The van der Waals surface area contributed by atoms with Gasteiger partial charge in [-0.25, -0.2) is 17.8 Å². The van der Waals surface area contributed by atoms with Gasteiger partial charge in [-0.05, 0) is 48.4 Å². The second-order valence-electron chi connectivity index (χ2n) is 8.63. The van der Waals surface area contributed by atoms with E-state index in [0.29, 0.717) is 29.0 Å². The number of amides is 1. The molecule has 0 aliphatic heterocycles. The maximum Gasteiger partial charge on any atom is 0.394 e. The number of alkyl halides is 3. The van der Waals surface area contributed by atoms with Crippen LogP contribution in [0.2, 0.25) is 5.02 Å². The summed E-state index contributed by atoms with van der Waals surface area (Å²) < 4.78 is 80.0. The minimum atomic E-state index is -4.60. The maximum absolute atomic E-state index is 14.8. The van der Waals surface area contributed by atoms with Gasteiger partial charge in [0.25, 0.3) is 5.91 Å². The molecule has 0 spiro atoms. The zero-order chi connectivity index (χ0) is 28.7. The number of primary amides is 1. The fourth-order valence-electron chi connectivity index (χ4n) is 3.97. The van der Waals surface area contributed by atoms with E-state index in [1.807, 2.05) is 0 Å². The SMILES string of the molecule is CCc1cc2c(cc1F)c(C(N)=O)c(-c1ccc(S(=O)(=O)/C=C\C(C)C(F)(F)F)cn1)n2-c1ncccc1Cl. The highest BCUT2D eigenvalue weighted by atomic mass is 35.5. The number of hydrogen-bond acceptors (Lipinski definition) is 5. The highest BCUT2D eigenvalue weighted by molar-refractivity contribution is 7.94. The molecule has 0 saturated heterocycles. The molecule has 0 aliphatic rings. The quantitative estimate of drug-likeness (QED) is 0.269. The topological polar surface area (TPSA) is 108 Å². The first-order valence-corrected chi connectivity index (χ1v) is 13.4. The van der Waals surface area contributed by atoms with Gasteiger partial charge < -0.3 is 5.73 Å². The van der Waals surface area contributed by atoms with E-state index < -0.39 is 33.7 Å². The van der Waals surface area contributed by atoms with Gasteiger partial charge in [0.05, 0.1) is 38.3 Å². The van der Waals surface area contributed by atoms with Crippen LogP contribution in [-0.4, -0.2) is 35.0 Å². The molecule has 4 aromatic rings. The van der Waals surface area contributed by atoms with Crippen molar-refractivity contribution in [2.75, 3.05) is 0 Å². The highest BCUT2D eigenvalue weighted by Crippen LogP contribution is 2.38. The van der Waals surface area contributed by atoms with Gasteiger partial charge in [-0.2, -0.15) is 13.2 Å². The third kappa shape index (κ3) is 5.39. The van der Waals surface area contributed by atoms with Gasteiger partial charge in [0.15, 0.2) is 5.82 Å². The van der Waals surface area contributed by atoms with Crippen molar-refractivity contribution in [3.8, 4) is 17.2 Å². The monoisotopic (exact) mass is 580 g/mol. The largest absolute Gasteiger partial charge is 0.394 e. The number of fused-ring (bicyclic) bond motifs is 1. The Morgan fingerprint density at radius 2 is 1.92 bits per heavy atom. The average molecular weight is 581 g/mol. The van der Waals surface area contributed by atoms with E-state index in [0.717, 1.165) is 19.2 Å².